The summed E-state index contributed by atoms with van der Waals surface area (Å²) in [5.74, 6) is -0.872. The van der Waals surface area contributed by atoms with Crippen LogP contribution in [0.1, 0.15) is 103 Å². The Hall–Kier alpha value is -6.88. The van der Waals surface area contributed by atoms with E-state index in [0.717, 1.165) is 28.6 Å². The average Bonchev–Trinajstić information content (AvgIpc) is 4.05. The highest BCUT2D eigenvalue weighted by atomic mass is 19.1. The fourth-order valence-electron chi connectivity index (χ4n) is 11.4. The fraction of sp³-hybridized carbons (Fsp3) is 0.375. The maximum atomic E-state index is 16.2. The normalized spacial score (nSPS) is 23.3. The van der Waals surface area contributed by atoms with Crippen molar-refractivity contribution in [3.8, 4) is 17.2 Å². The van der Waals surface area contributed by atoms with Crippen molar-refractivity contribution in [2.45, 2.75) is 95.9 Å². The molecule has 1 saturated carbocycles. The van der Waals surface area contributed by atoms with E-state index < -0.39 is 28.8 Å². The SMILES string of the molecule is Cc1cc(-n2nc3c(c2-n2ccn(-c4ccc5c(cnn5C)c4F)c2=O)[C@@H]2CC[C@H](C3)N2C(=O)c2cc3cc([C@@H]4COC(C)(C)C4)ccc3n2[C@@]2(c3noc(=O)[nH]3)C[C@@H]2C)cc(C)c1F. The number of amides is 1. The molecular weight excluding hydrogens is 835 g/mol. The number of aromatic nitrogens is 9. The number of aryl methyl sites for hydroxylation is 3. The van der Waals surface area contributed by atoms with Gasteiger partial charge < -0.3 is 14.2 Å². The van der Waals surface area contributed by atoms with Crippen molar-refractivity contribution >= 4 is 27.7 Å². The second-order valence-corrected chi connectivity index (χ2v) is 19.2. The lowest BCUT2D eigenvalue weighted by molar-refractivity contribution is 0.0360. The fourth-order valence-corrected chi connectivity index (χ4v) is 11.4. The van der Waals surface area contributed by atoms with E-state index in [1.165, 1.54) is 21.5 Å². The molecule has 2 bridgehead atoms. The van der Waals surface area contributed by atoms with Gasteiger partial charge in [0, 0.05) is 54.3 Å². The molecule has 5 atom stereocenters. The van der Waals surface area contributed by atoms with Gasteiger partial charge in [-0.3, -0.25) is 28.1 Å². The lowest BCUT2D eigenvalue weighted by atomic mass is 9.91. The van der Waals surface area contributed by atoms with Crippen molar-refractivity contribution in [3.63, 3.8) is 0 Å². The maximum Gasteiger partial charge on any atom is 0.438 e. The van der Waals surface area contributed by atoms with E-state index in [9.17, 15) is 9.59 Å². The summed E-state index contributed by atoms with van der Waals surface area (Å²) in [6.07, 6.45) is 7.69. The van der Waals surface area contributed by atoms with Gasteiger partial charge in [0.05, 0.1) is 52.4 Å². The third kappa shape index (κ3) is 5.66. The number of H-pyrrole nitrogens is 1. The molecule has 332 valence electrons. The van der Waals surface area contributed by atoms with E-state index in [1.54, 1.807) is 60.7 Å². The highest BCUT2D eigenvalue weighted by Gasteiger charge is 2.59. The molecule has 1 N–H and O–H groups in total. The molecule has 3 aliphatic heterocycles. The van der Waals surface area contributed by atoms with Gasteiger partial charge >= 0.3 is 11.4 Å². The first-order chi connectivity index (χ1) is 31.1. The number of halogens is 2. The molecule has 0 unspecified atom stereocenters. The highest BCUT2D eigenvalue weighted by Crippen LogP contribution is 2.57. The summed E-state index contributed by atoms with van der Waals surface area (Å²) in [5, 5.41) is 14.7. The summed E-state index contributed by atoms with van der Waals surface area (Å²) in [4.78, 5) is 47.7. The number of hydrogen-bond acceptors (Lipinski definition) is 8. The van der Waals surface area contributed by atoms with Crippen LogP contribution >= 0.6 is 0 Å². The number of rotatable bonds is 7. The van der Waals surface area contributed by atoms with E-state index in [-0.39, 0.29) is 46.3 Å². The number of benzene rings is 3. The smallest absolute Gasteiger partial charge is 0.375 e. The Labute approximate surface area is 369 Å². The van der Waals surface area contributed by atoms with Gasteiger partial charge in [-0.2, -0.15) is 10.2 Å². The first-order valence-electron chi connectivity index (χ1n) is 22.1. The Morgan fingerprint density at radius 3 is 2.40 bits per heavy atom. The number of nitrogens with one attached hydrogen (secondary N) is 1. The topological polar surface area (TPSA) is 156 Å². The van der Waals surface area contributed by atoms with Crippen LogP contribution < -0.4 is 11.4 Å². The van der Waals surface area contributed by atoms with E-state index in [1.807, 2.05) is 15.5 Å². The van der Waals surface area contributed by atoms with Gasteiger partial charge in [-0.15, -0.1) is 0 Å². The van der Waals surface area contributed by atoms with Gasteiger partial charge in [-0.05, 0) is 118 Å². The zero-order chi connectivity index (χ0) is 45.0. The first-order valence-corrected chi connectivity index (χ1v) is 22.1. The monoisotopic (exact) mass is 880 g/mol. The lowest BCUT2D eigenvalue weighted by Crippen LogP contribution is -2.43. The molecule has 8 heterocycles. The second-order valence-electron chi connectivity index (χ2n) is 19.2. The minimum absolute atomic E-state index is 0.00543. The largest absolute Gasteiger partial charge is 0.438 e. The van der Waals surface area contributed by atoms with Crippen molar-refractivity contribution in [1.82, 2.24) is 48.3 Å². The van der Waals surface area contributed by atoms with Crippen LogP contribution in [0.5, 0.6) is 0 Å². The van der Waals surface area contributed by atoms with Gasteiger partial charge in [-0.25, -0.2) is 23.1 Å². The highest BCUT2D eigenvalue weighted by molar-refractivity contribution is 6.00. The minimum atomic E-state index is -0.850. The molecule has 1 aliphatic carbocycles. The summed E-state index contributed by atoms with van der Waals surface area (Å²) >= 11 is 0. The van der Waals surface area contributed by atoms with E-state index in [4.69, 9.17) is 14.4 Å². The molecule has 3 aromatic carbocycles. The maximum absolute atomic E-state index is 16.2. The molecular formula is C48H46F2N10O5. The summed E-state index contributed by atoms with van der Waals surface area (Å²) in [6, 6.07) is 14.2. The lowest BCUT2D eigenvalue weighted by Gasteiger charge is -2.35. The van der Waals surface area contributed by atoms with Crippen molar-refractivity contribution < 1.29 is 22.8 Å². The molecule has 5 aromatic heterocycles. The number of carbonyl (C=O) groups is 1. The Bertz CT molecular complexity index is 3430. The van der Waals surface area contributed by atoms with Gasteiger partial charge in [-0.1, -0.05) is 18.1 Å². The number of fused-ring (bicyclic) bond motifs is 6. The number of aromatic amines is 1. The summed E-state index contributed by atoms with van der Waals surface area (Å²) < 4.78 is 50.5. The van der Waals surface area contributed by atoms with Crippen LogP contribution in [0.25, 0.3) is 39.0 Å². The van der Waals surface area contributed by atoms with Crippen LogP contribution in [0.3, 0.4) is 0 Å². The first kappa shape index (κ1) is 39.7. The van der Waals surface area contributed by atoms with Gasteiger partial charge in [0.15, 0.2) is 11.6 Å². The zero-order valence-corrected chi connectivity index (χ0v) is 36.7. The predicted molar refractivity (Wildman–Crippen MR) is 235 cm³/mol. The molecule has 0 spiro atoms. The number of imidazole rings is 1. The zero-order valence-electron chi connectivity index (χ0n) is 36.7. The Morgan fingerprint density at radius 2 is 1.69 bits per heavy atom. The molecule has 8 aromatic rings. The molecule has 65 heavy (non-hydrogen) atoms. The molecule has 15 nitrogen and oxygen atoms in total. The minimum Gasteiger partial charge on any atom is -0.375 e. The van der Waals surface area contributed by atoms with Crippen LogP contribution in [-0.2, 0) is 23.7 Å². The number of carbonyl (C=O) groups excluding carboxylic acids is 1. The predicted octanol–water partition coefficient (Wildman–Crippen LogP) is 7.19. The molecule has 1 amide bonds. The van der Waals surface area contributed by atoms with Crippen LogP contribution in [0.2, 0.25) is 0 Å². The summed E-state index contributed by atoms with van der Waals surface area (Å²) in [6.45, 7) is 10.2. The molecule has 12 rings (SSSR count). The third-order valence-corrected chi connectivity index (χ3v) is 14.7. The molecule has 3 fully saturated rings. The molecule has 17 heteroatoms. The average molecular weight is 881 g/mol. The Balaban J connectivity index is 1.02. The van der Waals surface area contributed by atoms with Crippen LogP contribution in [-0.4, -0.2) is 72.5 Å². The van der Waals surface area contributed by atoms with Crippen molar-refractivity contribution in [2.24, 2.45) is 13.0 Å². The van der Waals surface area contributed by atoms with Crippen LogP contribution in [0.4, 0.5) is 8.78 Å². The van der Waals surface area contributed by atoms with E-state index in [0.29, 0.717) is 77.5 Å². The number of nitrogens with zero attached hydrogens (tertiary/aromatic N) is 9. The van der Waals surface area contributed by atoms with Gasteiger partial charge in [0.25, 0.3) is 5.91 Å². The summed E-state index contributed by atoms with van der Waals surface area (Å²) in [5.41, 5.74) is 4.15. The molecule has 4 aliphatic rings. The molecule has 0 radical (unpaired) electrons. The van der Waals surface area contributed by atoms with E-state index in [2.05, 4.69) is 54.2 Å². The standard InChI is InChI=1S/C48H46F2N10O5/c1-24-15-31(16-25(2)40(24)49)60-42(57-14-13-56(46(57)63)37-12-11-35-32(41(37)50)22-51-55(35)6)39-33(53-60)19-30-8-10-36(39)58(30)43(61)38-18-28-17-27(29-21-47(4,5)64-23-29)7-9-34(28)59(38)48(20-26(48)3)44-52-45(62)65-54-44/h7,9,11-18,22,26,29-30,36H,8,10,19-21,23H2,1-6H3,(H,52,54,62)/t26-,29-,30+,36-,48-/m0/s1. The quantitative estimate of drug-likeness (QED) is 0.176. The van der Waals surface area contributed by atoms with Crippen molar-refractivity contribution in [2.75, 3.05) is 6.61 Å². The van der Waals surface area contributed by atoms with Crippen molar-refractivity contribution in [1.29, 1.82) is 0 Å². The summed E-state index contributed by atoms with van der Waals surface area (Å²) in [7, 11) is 1.72. The Morgan fingerprint density at radius 1 is 0.938 bits per heavy atom. The van der Waals surface area contributed by atoms with Gasteiger partial charge in [0.2, 0.25) is 0 Å². The van der Waals surface area contributed by atoms with Gasteiger partial charge in [0.1, 0.15) is 22.9 Å². The van der Waals surface area contributed by atoms with Crippen LogP contribution in [0, 0.1) is 31.4 Å². The molecule has 2 saturated heterocycles. The van der Waals surface area contributed by atoms with Crippen LogP contribution in [0.15, 0.2) is 81.2 Å². The third-order valence-electron chi connectivity index (χ3n) is 14.7. The Kier molecular flexibility index (Phi) is 8.29. The van der Waals surface area contributed by atoms with E-state index >= 15 is 13.6 Å². The number of hydrogen-bond donors (Lipinski definition) is 1. The van der Waals surface area contributed by atoms with Crippen molar-refractivity contribution in [3.05, 3.63) is 139 Å². The number of ether oxygens (including phenoxy) is 1. The second kappa shape index (κ2) is 13.6.